The van der Waals surface area contributed by atoms with E-state index in [0.717, 1.165) is 0 Å². The smallest absolute Gasteiger partial charge is 0.270 e. The van der Waals surface area contributed by atoms with Crippen molar-refractivity contribution >= 4 is 23.7 Å². The third-order valence-corrected chi connectivity index (χ3v) is 3.87. The first-order valence-electron chi connectivity index (χ1n) is 8.54. The maximum Gasteiger partial charge on any atom is 0.270 e. The number of nitrogens with zero attached hydrogens (tertiary/aromatic N) is 2. The number of methoxy groups -OCH3 is 3. The number of nitrogens with one attached hydrogen (secondary N) is 2. The zero-order valence-electron chi connectivity index (χ0n) is 16.5. The lowest BCUT2D eigenvalue weighted by Crippen LogP contribution is -2.34. The highest BCUT2D eigenvalue weighted by Gasteiger charge is 2.12. The van der Waals surface area contributed by atoms with Crippen LogP contribution in [0.2, 0.25) is 0 Å². The Kier molecular flexibility index (Phi) is 7.68. The number of benzene rings is 2. The van der Waals surface area contributed by atoms with Crippen LogP contribution in [0.1, 0.15) is 15.9 Å². The van der Waals surface area contributed by atoms with Gasteiger partial charge in [-0.2, -0.15) is 5.10 Å². The van der Waals surface area contributed by atoms with Gasteiger partial charge in [0.15, 0.2) is 11.5 Å². The van der Waals surface area contributed by atoms with E-state index < -0.39 is 16.7 Å². The summed E-state index contributed by atoms with van der Waals surface area (Å²) < 4.78 is 15.3. The van der Waals surface area contributed by atoms with Crippen LogP contribution in [-0.4, -0.2) is 50.8 Å². The first-order valence-corrected chi connectivity index (χ1v) is 8.54. The number of ether oxygens (including phenoxy) is 3. The fraction of sp³-hybridized carbons (Fsp3) is 0.211. The second kappa shape index (κ2) is 10.4. The van der Waals surface area contributed by atoms with Crippen molar-refractivity contribution < 1.29 is 28.7 Å². The molecule has 2 N–H and O–H groups in total. The lowest BCUT2D eigenvalue weighted by molar-refractivity contribution is -0.384. The van der Waals surface area contributed by atoms with Crippen molar-refractivity contribution in [1.82, 2.24) is 10.7 Å². The van der Waals surface area contributed by atoms with E-state index in [9.17, 15) is 19.7 Å². The molecule has 0 bridgehead atoms. The van der Waals surface area contributed by atoms with Crippen molar-refractivity contribution in [2.75, 3.05) is 27.9 Å². The van der Waals surface area contributed by atoms with Gasteiger partial charge in [0, 0.05) is 23.3 Å². The minimum atomic E-state index is -0.593. The molecule has 2 aromatic carbocycles. The van der Waals surface area contributed by atoms with Gasteiger partial charge in [-0.1, -0.05) is 0 Å². The van der Waals surface area contributed by atoms with Gasteiger partial charge in [-0.05, 0) is 24.3 Å². The minimum absolute atomic E-state index is 0.147. The number of nitro groups is 1. The van der Waals surface area contributed by atoms with Crippen LogP contribution in [-0.2, 0) is 4.79 Å². The van der Waals surface area contributed by atoms with Crippen LogP contribution in [0.4, 0.5) is 5.69 Å². The largest absolute Gasteiger partial charge is 0.496 e. The average Bonchev–Trinajstić information content (AvgIpc) is 2.76. The topological polar surface area (TPSA) is 141 Å². The number of hydrazone groups is 1. The molecule has 0 fully saturated rings. The summed E-state index contributed by atoms with van der Waals surface area (Å²) in [5, 5.41) is 17.1. The second-order valence-electron chi connectivity index (χ2n) is 5.73. The van der Waals surface area contributed by atoms with Crippen LogP contribution in [0.5, 0.6) is 17.2 Å². The van der Waals surface area contributed by atoms with Crippen molar-refractivity contribution in [3.8, 4) is 17.2 Å². The van der Waals surface area contributed by atoms with Gasteiger partial charge in [0.25, 0.3) is 17.5 Å². The average molecular weight is 416 g/mol. The molecule has 0 radical (unpaired) electrons. The molecule has 0 unspecified atom stereocenters. The van der Waals surface area contributed by atoms with Gasteiger partial charge in [0.1, 0.15) is 5.75 Å². The van der Waals surface area contributed by atoms with E-state index >= 15 is 0 Å². The summed E-state index contributed by atoms with van der Waals surface area (Å²) in [5.41, 5.74) is 2.67. The standard InChI is InChI=1S/C19H20N4O7/c1-28-15-7-5-14(23(26)27)8-13(15)10-21-22-18(24)11-20-19(25)12-4-6-16(29-2)17(9-12)30-3/h4-10H,11H2,1-3H3,(H,20,25)(H,22,24). The molecule has 0 aliphatic heterocycles. The Morgan fingerprint density at radius 1 is 1.03 bits per heavy atom. The van der Waals surface area contributed by atoms with E-state index in [1.165, 1.54) is 57.9 Å². The lowest BCUT2D eigenvalue weighted by Gasteiger charge is -2.09. The van der Waals surface area contributed by atoms with Crippen LogP contribution in [0.3, 0.4) is 0 Å². The Morgan fingerprint density at radius 3 is 2.33 bits per heavy atom. The van der Waals surface area contributed by atoms with Crippen molar-refractivity contribution in [1.29, 1.82) is 0 Å². The van der Waals surface area contributed by atoms with Gasteiger partial charge in [0.05, 0.1) is 39.0 Å². The Balaban J connectivity index is 1.94. The number of rotatable bonds is 9. The SMILES string of the molecule is COc1ccc([N+](=O)[O-])cc1C=NNC(=O)CNC(=O)c1ccc(OC)c(OC)c1. The molecule has 30 heavy (non-hydrogen) atoms. The number of hydrogen-bond acceptors (Lipinski definition) is 8. The summed E-state index contributed by atoms with van der Waals surface area (Å²) in [6.45, 7) is -0.337. The number of non-ortho nitro benzene ring substituents is 1. The Labute approximate surface area is 171 Å². The van der Waals surface area contributed by atoms with Crippen LogP contribution >= 0.6 is 0 Å². The third-order valence-electron chi connectivity index (χ3n) is 3.87. The number of carbonyl (C=O) groups excluding carboxylic acids is 2. The highest BCUT2D eigenvalue weighted by molar-refractivity contribution is 5.97. The summed E-state index contributed by atoms with van der Waals surface area (Å²) in [7, 11) is 4.33. The Morgan fingerprint density at radius 2 is 1.70 bits per heavy atom. The quantitative estimate of drug-likeness (QED) is 0.358. The van der Waals surface area contributed by atoms with Crippen molar-refractivity contribution in [2.45, 2.75) is 0 Å². The molecule has 2 rings (SSSR count). The van der Waals surface area contributed by atoms with Gasteiger partial charge < -0.3 is 19.5 Å². The van der Waals surface area contributed by atoms with E-state index in [2.05, 4.69) is 15.8 Å². The highest BCUT2D eigenvalue weighted by atomic mass is 16.6. The van der Waals surface area contributed by atoms with Crippen LogP contribution in [0.15, 0.2) is 41.5 Å². The molecule has 0 saturated carbocycles. The summed E-state index contributed by atoms with van der Waals surface area (Å²) >= 11 is 0. The third kappa shape index (κ3) is 5.67. The summed E-state index contributed by atoms with van der Waals surface area (Å²) in [6.07, 6.45) is 1.21. The fourth-order valence-electron chi connectivity index (χ4n) is 2.39. The molecule has 2 aromatic rings. The van der Waals surface area contributed by atoms with E-state index in [-0.39, 0.29) is 17.8 Å². The van der Waals surface area contributed by atoms with E-state index in [1.54, 1.807) is 6.07 Å². The summed E-state index contributed by atoms with van der Waals surface area (Å²) in [5.74, 6) is 0.114. The molecule has 0 aliphatic carbocycles. The van der Waals surface area contributed by atoms with Gasteiger partial charge in [0.2, 0.25) is 0 Å². The number of hydrogen-bond donors (Lipinski definition) is 2. The summed E-state index contributed by atoms with van der Waals surface area (Å²) in [4.78, 5) is 34.4. The van der Waals surface area contributed by atoms with E-state index in [4.69, 9.17) is 14.2 Å². The number of amides is 2. The minimum Gasteiger partial charge on any atom is -0.496 e. The molecule has 11 heteroatoms. The predicted molar refractivity (Wildman–Crippen MR) is 107 cm³/mol. The first-order chi connectivity index (χ1) is 14.4. The molecule has 0 aliphatic rings. The van der Waals surface area contributed by atoms with Crippen molar-refractivity contribution in [2.24, 2.45) is 5.10 Å². The predicted octanol–water partition coefficient (Wildman–Crippen LogP) is 1.50. The second-order valence-corrected chi connectivity index (χ2v) is 5.73. The molecule has 2 amide bonds. The maximum absolute atomic E-state index is 12.2. The Bertz CT molecular complexity index is 975. The molecule has 0 aromatic heterocycles. The van der Waals surface area contributed by atoms with Gasteiger partial charge in [-0.15, -0.1) is 0 Å². The molecule has 0 spiro atoms. The molecule has 158 valence electrons. The van der Waals surface area contributed by atoms with Crippen LogP contribution in [0, 0.1) is 10.1 Å². The van der Waals surface area contributed by atoms with Crippen molar-refractivity contribution in [3.63, 3.8) is 0 Å². The lowest BCUT2D eigenvalue weighted by atomic mass is 10.2. The van der Waals surface area contributed by atoms with Gasteiger partial charge in [-0.3, -0.25) is 19.7 Å². The molecular formula is C19H20N4O7. The van der Waals surface area contributed by atoms with Gasteiger partial charge in [-0.25, -0.2) is 5.43 Å². The van der Waals surface area contributed by atoms with Crippen LogP contribution < -0.4 is 25.0 Å². The zero-order chi connectivity index (χ0) is 22.1. The van der Waals surface area contributed by atoms with E-state index in [1.807, 2.05) is 0 Å². The first kappa shape index (κ1) is 22.1. The molecular weight excluding hydrogens is 396 g/mol. The molecule has 11 nitrogen and oxygen atoms in total. The van der Waals surface area contributed by atoms with Gasteiger partial charge >= 0.3 is 0 Å². The Hall–Kier alpha value is -4.15. The van der Waals surface area contributed by atoms with Crippen molar-refractivity contribution in [3.05, 3.63) is 57.6 Å². The zero-order valence-corrected chi connectivity index (χ0v) is 16.5. The highest BCUT2D eigenvalue weighted by Crippen LogP contribution is 2.27. The van der Waals surface area contributed by atoms with Crippen LogP contribution in [0.25, 0.3) is 0 Å². The normalized spacial score (nSPS) is 10.4. The number of carbonyl (C=O) groups is 2. The monoisotopic (exact) mass is 416 g/mol. The molecule has 0 atom stereocenters. The molecule has 0 heterocycles. The molecule has 0 saturated heterocycles. The number of nitro benzene ring substituents is 1. The summed E-state index contributed by atoms with van der Waals surface area (Å²) in [6, 6.07) is 8.56. The fourth-order valence-corrected chi connectivity index (χ4v) is 2.39. The maximum atomic E-state index is 12.2. The van der Waals surface area contributed by atoms with E-state index in [0.29, 0.717) is 22.8 Å².